The summed E-state index contributed by atoms with van der Waals surface area (Å²) >= 11 is 1.82. The van der Waals surface area contributed by atoms with Crippen LogP contribution in [0.5, 0.6) is 0 Å². The Hall–Kier alpha value is -0.500. The van der Waals surface area contributed by atoms with E-state index >= 15 is 0 Å². The minimum atomic E-state index is -0.111. The third-order valence-corrected chi connectivity index (χ3v) is 8.57. The van der Waals surface area contributed by atoms with E-state index in [2.05, 4.69) is 23.1 Å². The fraction of sp³-hybridized carbons (Fsp3) is 0.867. The van der Waals surface area contributed by atoms with E-state index in [0.717, 1.165) is 52.2 Å². The lowest BCUT2D eigenvalue weighted by Crippen LogP contribution is -3.00. The number of esters is 1. The molecule has 0 unspecified atom stereocenters. The number of rotatable bonds is 24. The predicted octanol–water partition coefficient (Wildman–Crippen LogP) is 4.54. The van der Waals surface area contributed by atoms with Crippen molar-refractivity contribution >= 4 is 17.3 Å². The fourth-order valence-electron chi connectivity index (χ4n) is 5.02. The number of carbonyl (C=O) groups is 1. The molecule has 1 fully saturated rings. The van der Waals surface area contributed by atoms with Gasteiger partial charge in [-0.05, 0) is 19.3 Å². The third-order valence-electron chi connectivity index (χ3n) is 7.42. The standard InChI is InChI=1S/C30H54NO4S.BrH/c1-3-4-5-6-7-8-9-10-11-12-13-14-15-19-23-34-25-30(26-35-27-30)29-31(22-24-36-29)21-18-16-17-20-28(32)33-2;/h22,24H,3-21,23,25-27H2,1-2H3;1H/q+1;/p-1. The first kappa shape index (κ1) is 34.5. The molecule has 0 saturated carbocycles. The number of hydrogen-bond donors (Lipinski definition) is 0. The van der Waals surface area contributed by atoms with Gasteiger partial charge in [0.15, 0.2) is 6.20 Å². The van der Waals surface area contributed by atoms with Crippen LogP contribution in [0.15, 0.2) is 11.6 Å². The van der Waals surface area contributed by atoms with Gasteiger partial charge >= 0.3 is 5.97 Å². The number of thiazole rings is 1. The molecule has 1 aliphatic rings. The highest BCUT2D eigenvalue weighted by Gasteiger charge is 2.48. The summed E-state index contributed by atoms with van der Waals surface area (Å²) < 4.78 is 18.9. The Labute approximate surface area is 241 Å². The van der Waals surface area contributed by atoms with Crippen molar-refractivity contribution in [3.63, 3.8) is 0 Å². The molecule has 1 aromatic rings. The maximum Gasteiger partial charge on any atom is 0.305 e. The van der Waals surface area contributed by atoms with Crippen LogP contribution in [-0.4, -0.2) is 39.5 Å². The molecule has 0 bridgehead atoms. The number of halogens is 1. The van der Waals surface area contributed by atoms with Gasteiger partial charge in [0.05, 0.1) is 32.3 Å². The Morgan fingerprint density at radius 2 is 1.46 bits per heavy atom. The van der Waals surface area contributed by atoms with E-state index in [-0.39, 0.29) is 28.4 Å². The van der Waals surface area contributed by atoms with E-state index in [4.69, 9.17) is 14.2 Å². The lowest BCUT2D eigenvalue weighted by molar-refractivity contribution is -0.704. The first-order chi connectivity index (χ1) is 17.7. The molecule has 2 heterocycles. The predicted molar refractivity (Wildman–Crippen MR) is 149 cm³/mol. The first-order valence-electron chi connectivity index (χ1n) is 14.9. The molecular weight excluding hydrogens is 550 g/mol. The second kappa shape index (κ2) is 22.3. The average molecular weight is 605 g/mol. The van der Waals surface area contributed by atoms with Crippen LogP contribution in [0.2, 0.25) is 0 Å². The van der Waals surface area contributed by atoms with Crippen molar-refractivity contribution in [1.82, 2.24) is 0 Å². The van der Waals surface area contributed by atoms with E-state index in [1.165, 1.54) is 102 Å². The lowest BCUT2D eigenvalue weighted by Gasteiger charge is -2.37. The molecule has 1 aliphatic heterocycles. The average Bonchev–Trinajstić information content (AvgIpc) is 3.33. The summed E-state index contributed by atoms with van der Waals surface area (Å²) in [5.41, 5.74) is 0.0240. The smallest absolute Gasteiger partial charge is 0.305 e. The van der Waals surface area contributed by atoms with E-state index in [1.54, 1.807) is 0 Å². The van der Waals surface area contributed by atoms with Crippen LogP contribution in [-0.2, 0) is 31.0 Å². The highest BCUT2D eigenvalue weighted by molar-refractivity contribution is 7.09. The first-order valence-corrected chi connectivity index (χ1v) is 15.8. The van der Waals surface area contributed by atoms with Crippen LogP contribution >= 0.6 is 11.3 Å². The second-order valence-corrected chi connectivity index (χ2v) is 11.6. The molecule has 0 amide bonds. The number of aryl methyl sites for hydroxylation is 1. The lowest BCUT2D eigenvalue weighted by atomic mass is 9.87. The molecule has 0 N–H and O–H groups in total. The Morgan fingerprint density at radius 3 is 2.00 bits per heavy atom. The highest BCUT2D eigenvalue weighted by atomic mass is 79.9. The normalized spacial score (nSPS) is 14.2. The molecule has 1 aromatic heterocycles. The number of ether oxygens (including phenoxy) is 3. The van der Waals surface area contributed by atoms with Crippen molar-refractivity contribution in [3.05, 3.63) is 16.6 Å². The Balaban J connectivity index is 0.00000684. The van der Waals surface area contributed by atoms with Gasteiger partial charge in [0.1, 0.15) is 12.0 Å². The minimum absolute atomic E-state index is 0. The summed E-state index contributed by atoms with van der Waals surface area (Å²) in [6.45, 7) is 6.41. The van der Waals surface area contributed by atoms with Gasteiger partial charge in [0.2, 0.25) is 0 Å². The topological polar surface area (TPSA) is 48.6 Å². The summed E-state index contributed by atoms with van der Waals surface area (Å²) in [5, 5.41) is 3.56. The summed E-state index contributed by atoms with van der Waals surface area (Å²) in [7, 11) is 1.46. The van der Waals surface area contributed by atoms with Crippen LogP contribution in [0.4, 0.5) is 0 Å². The highest BCUT2D eigenvalue weighted by Crippen LogP contribution is 2.33. The Bertz CT molecular complexity index is 680. The van der Waals surface area contributed by atoms with Crippen molar-refractivity contribution < 1.29 is 40.6 Å². The number of nitrogens with zero attached hydrogens (tertiary/aromatic N) is 1. The molecule has 37 heavy (non-hydrogen) atoms. The van der Waals surface area contributed by atoms with Gasteiger partial charge < -0.3 is 31.2 Å². The maximum absolute atomic E-state index is 11.3. The molecule has 0 spiro atoms. The Kier molecular flexibility index (Phi) is 20.8. The zero-order valence-electron chi connectivity index (χ0n) is 23.8. The van der Waals surface area contributed by atoms with Crippen molar-refractivity contribution in [2.45, 2.75) is 134 Å². The molecule has 5 nitrogen and oxygen atoms in total. The quantitative estimate of drug-likeness (QED) is 0.0989. The van der Waals surface area contributed by atoms with Crippen LogP contribution in [0.25, 0.3) is 0 Å². The van der Waals surface area contributed by atoms with Crippen molar-refractivity contribution in [3.8, 4) is 0 Å². The Morgan fingerprint density at radius 1 is 0.892 bits per heavy atom. The number of aromatic nitrogens is 1. The van der Waals surface area contributed by atoms with Gasteiger partial charge in [0, 0.05) is 19.4 Å². The van der Waals surface area contributed by atoms with Gasteiger partial charge in [-0.3, -0.25) is 4.79 Å². The molecule has 0 aliphatic carbocycles. The number of carbonyl (C=O) groups excluding carboxylic acids is 1. The van der Waals surface area contributed by atoms with E-state index in [1.807, 2.05) is 11.3 Å². The van der Waals surface area contributed by atoms with Gasteiger partial charge in [-0.1, -0.05) is 102 Å². The monoisotopic (exact) mass is 603 g/mol. The van der Waals surface area contributed by atoms with E-state index in [9.17, 15) is 4.79 Å². The molecular formula is C30H54BrNO4S. The fourth-order valence-corrected chi connectivity index (χ4v) is 6.07. The van der Waals surface area contributed by atoms with Crippen molar-refractivity contribution in [2.75, 3.05) is 33.5 Å². The molecule has 7 heteroatoms. The summed E-state index contributed by atoms with van der Waals surface area (Å²) in [6, 6.07) is 0. The molecule has 1 saturated heterocycles. The van der Waals surface area contributed by atoms with Crippen molar-refractivity contribution in [2.24, 2.45) is 0 Å². The molecule has 216 valence electrons. The van der Waals surface area contributed by atoms with Gasteiger partial charge in [-0.15, -0.1) is 0 Å². The summed E-state index contributed by atoms with van der Waals surface area (Å²) in [5.74, 6) is -0.111. The second-order valence-electron chi connectivity index (χ2n) is 10.7. The molecule has 0 aromatic carbocycles. The maximum atomic E-state index is 11.3. The van der Waals surface area contributed by atoms with Gasteiger partial charge in [-0.25, -0.2) is 0 Å². The van der Waals surface area contributed by atoms with Crippen LogP contribution < -0.4 is 21.5 Å². The SMILES string of the molecule is CCCCCCCCCCCCCCCCOCC1(c2scc[n+]2CCCCCC(=O)OC)COC1.[Br-]. The molecule has 0 radical (unpaired) electrons. The van der Waals surface area contributed by atoms with Crippen LogP contribution in [0.3, 0.4) is 0 Å². The van der Waals surface area contributed by atoms with E-state index in [0.29, 0.717) is 6.42 Å². The van der Waals surface area contributed by atoms with E-state index < -0.39 is 0 Å². The van der Waals surface area contributed by atoms with Crippen LogP contribution in [0, 0.1) is 0 Å². The zero-order chi connectivity index (χ0) is 25.7. The molecule has 0 atom stereocenters. The molecule has 2 rings (SSSR count). The largest absolute Gasteiger partial charge is 1.00 e. The summed E-state index contributed by atoms with van der Waals surface area (Å²) in [4.78, 5) is 11.3. The van der Waals surface area contributed by atoms with Crippen molar-refractivity contribution in [1.29, 1.82) is 0 Å². The van der Waals surface area contributed by atoms with Crippen LogP contribution in [0.1, 0.15) is 128 Å². The van der Waals surface area contributed by atoms with Gasteiger partial charge in [0.25, 0.3) is 5.01 Å². The number of hydrogen-bond acceptors (Lipinski definition) is 5. The summed E-state index contributed by atoms with van der Waals surface area (Å²) in [6.07, 6.45) is 25.1. The third kappa shape index (κ3) is 14.5. The number of unbranched alkanes of at least 4 members (excludes halogenated alkanes) is 15. The van der Waals surface area contributed by atoms with Gasteiger partial charge in [-0.2, -0.15) is 4.57 Å². The zero-order valence-corrected chi connectivity index (χ0v) is 26.2. The minimum Gasteiger partial charge on any atom is -1.00 e. The number of methoxy groups -OCH3 is 1.